The molecule has 0 amide bonds. The van der Waals surface area contributed by atoms with Crippen molar-refractivity contribution in [3.05, 3.63) is 13.6 Å². The molecule has 1 aromatic heterocycles. The van der Waals surface area contributed by atoms with Gasteiger partial charge in [-0.25, -0.2) is 8.42 Å². The minimum atomic E-state index is -3.87. The van der Waals surface area contributed by atoms with Crippen LogP contribution in [0.1, 0.15) is 13.8 Å². The van der Waals surface area contributed by atoms with Gasteiger partial charge in [-0.3, -0.25) is 4.79 Å². The van der Waals surface area contributed by atoms with E-state index in [1.54, 1.807) is 0 Å². The summed E-state index contributed by atoms with van der Waals surface area (Å²) < 4.78 is 26.6. The molecule has 1 N–H and O–H groups in total. The molecule has 0 saturated heterocycles. The molecule has 0 fully saturated rings. The van der Waals surface area contributed by atoms with E-state index in [9.17, 15) is 13.2 Å². The third kappa shape index (κ3) is 2.79. The van der Waals surface area contributed by atoms with Crippen LogP contribution in [0.5, 0.6) is 0 Å². The molecular weight excluding hydrogens is 410 g/mol. The zero-order valence-corrected chi connectivity index (χ0v) is 14.6. The fraction of sp³-hybridized carbons (Fsp3) is 0.444. The Labute approximate surface area is 126 Å². The minimum Gasteiger partial charge on any atom is -0.480 e. The molecule has 1 heterocycles. The molecule has 0 unspecified atom stereocenters. The Morgan fingerprint density at radius 2 is 1.94 bits per heavy atom. The van der Waals surface area contributed by atoms with Crippen molar-refractivity contribution in [3.63, 3.8) is 0 Å². The number of likely N-dealkylation sites (N-methyl/N-ethyl adjacent to an activating group) is 1. The van der Waals surface area contributed by atoms with Crippen molar-refractivity contribution in [3.8, 4) is 0 Å². The molecule has 0 aliphatic heterocycles. The number of carboxylic acid groups (broad SMARTS) is 1. The van der Waals surface area contributed by atoms with Crippen LogP contribution in [-0.4, -0.2) is 36.4 Å². The van der Waals surface area contributed by atoms with E-state index < -0.39 is 21.5 Å². The first-order valence-electron chi connectivity index (χ1n) is 4.68. The molecule has 0 aliphatic rings. The highest BCUT2D eigenvalue weighted by molar-refractivity contribution is 9.12. The van der Waals surface area contributed by atoms with Crippen LogP contribution in [-0.2, 0) is 14.8 Å². The van der Waals surface area contributed by atoms with E-state index in [0.717, 1.165) is 4.31 Å². The fourth-order valence-corrected chi connectivity index (χ4v) is 6.32. The highest BCUT2D eigenvalue weighted by Crippen LogP contribution is 2.37. The van der Waals surface area contributed by atoms with Gasteiger partial charge in [0.05, 0.1) is 7.57 Å². The van der Waals surface area contributed by atoms with Crippen LogP contribution in [0.2, 0.25) is 0 Å². The first kappa shape index (κ1) is 16.1. The Morgan fingerprint density at radius 1 is 1.44 bits per heavy atom. The van der Waals surface area contributed by atoms with E-state index in [2.05, 4.69) is 31.9 Å². The van der Waals surface area contributed by atoms with Gasteiger partial charge in [-0.1, -0.05) is 0 Å². The number of hydrogen-bond donors (Lipinski definition) is 1. The number of sulfonamides is 1. The van der Waals surface area contributed by atoms with Crippen LogP contribution in [0.4, 0.5) is 0 Å². The molecule has 0 aliphatic carbocycles. The summed E-state index contributed by atoms with van der Waals surface area (Å²) in [5.41, 5.74) is -1.52. The van der Waals surface area contributed by atoms with Crippen LogP contribution >= 0.6 is 43.2 Å². The molecule has 0 atom stereocenters. The number of carboxylic acids is 1. The Kier molecular flexibility index (Phi) is 4.65. The normalized spacial score (nSPS) is 13.0. The van der Waals surface area contributed by atoms with Gasteiger partial charge >= 0.3 is 5.97 Å². The summed E-state index contributed by atoms with van der Waals surface area (Å²) >= 11 is 7.57. The third-order valence-corrected chi connectivity index (χ3v) is 7.36. The Hall–Kier alpha value is 0.0400. The SMILES string of the molecule is CN(C(C)(C)C(=O)O)S(=O)(=O)c1cc(Br)sc1Br. The highest BCUT2D eigenvalue weighted by Gasteiger charge is 2.41. The molecule has 9 heteroatoms. The zero-order chi connectivity index (χ0) is 14.3. The van der Waals surface area contributed by atoms with Crippen LogP contribution in [0.15, 0.2) is 18.5 Å². The van der Waals surface area contributed by atoms with E-state index in [1.165, 1.54) is 38.3 Å². The number of carbonyl (C=O) groups is 1. The standard InChI is InChI=1S/C9H11Br2NO4S2/c1-9(2,8(13)14)12(3)18(15,16)5-4-6(10)17-7(5)11/h4H,1-3H3,(H,13,14). The van der Waals surface area contributed by atoms with Crippen molar-refractivity contribution in [1.29, 1.82) is 0 Å². The summed E-state index contributed by atoms with van der Waals surface area (Å²) in [5, 5.41) is 9.07. The Balaban J connectivity index is 3.32. The summed E-state index contributed by atoms with van der Waals surface area (Å²) in [6, 6.07) is 1.44. The van der Waals surface area contributed by atoms with Crippen LogP contribution in [0.25, 0.3) is 0 Å². The lowest BCUT2D eigenvalue weighted by molar-refractivity contribution is -0.145. The molecule has 0 spiro atoms. The van der Waals surface area contributed by atoms with Gasteiger partial charge in [-0.15, -0.1) is 11.3 Å². The van der Waals surface area contributed by atoms with Crippen molar-refractivity contribution in [2.24, 2.45) is 0 Å². The van der Waals surface area contributed by atoms with Gasteiger partial charge in [-0.2, -0.15) is 4.31 Å². The van der Waals surface area contributed by atoms with Crippen molar-refractivity contribution < 1.29 is 18.3 Å². The van der Waals surface area contributed by atoms with E-state index in [-0.39, 0.29) is 4.90 Å². The van der Waals surface area contributed by atoms with E-state index in [1.807, 2.05) is 0 Å². The summed E-state index contributed by atoms with van der Waals surface area (Å²) in [4.78, 5) is 11.2. The molecule has 0 aromatic carbocycles. The number of hydrogen-bond acceptors (Lipinski definition) is 4. The van der Waals surface area contributed by atoms with E-state index in [4.69, 9.17) is 5.11 Å². The number of halogens is 2. The second kappa shape index (κ2) is 5.20. The molecular formula is C9H11Br2NO4S2. The molecule has 1 aromatic rings. The molecule has 18 heavy (non-hydrogen) atoms. The van der Waals surface area contributed by atoms with E-state index in [0.29, 0.717) is 7.57 Å². The monoisotopic (exact) mass is 419 g/mol. The Bertz CT molecular complexity index is 579. The second-order valence-corrected chi connectivity index (χ2v) is 9.71. The lowest BCUT2D eigenvalue weighted by atomic mass is 10.1. The van der Waals surface area contributed by atoms with Crippen molar-refractivity contribution >= 4 is 59.2 Å². The Morgan fingerprint density at radius 3 is 2.28 bits per heavy atom. The van der Waals surface area contributed by atoms with Gasteiger partial charge < -0.3 is 5.11 Å². The number of rotatable bonds is 4. The van der Waals surface area contributed by atoms with Gasteiger partial charge in [0.1, 0.15) is 10.4 Å². The lowest BCUT2D eigenvalue weighted by Gasteiger charge is -2.30. The summed E-state index contributed by atoms with van der Waals surface area (Å²) in [5.74, 6) is -1.21. The van der Waals surface area contributed by atoms with Crippen molar-refractivity contribution in [2.75, 3.05) is 7.05 Å². The third-order valence-electron chi connectivity index (χ3n) is 2.57. The van der Waals surface area contributed by atoms with Gasteiger partial charge in [0.15, 0.2) is 0 Å². The smallest absolute Gasteiger partial charge is 0.324 e. The van der Waals surface area contributed by atoms with Crippen LogP contribution in [0.3, 0.4) is 0 Å². The number of thiophene rings is 1. The molecule has 0 bridgehead atoms. The summed E-state index contributed by atoms with van der Waals surface area (Å²) in [6.45, 7) is 2.67. The predicted octanol–water partition coefficient (Wildman–Crippen LogP) is 2.76. The maximum Gasteiger partial charge on any atom is 0.324 e. The first-order valence-corrected chi connectivity index (χ1v) is 8.52. The lowest BCUT2D eigenvalue weighted by Crippen LogP contribution is -2.50. The first-order chi connectivity index (χ1) is 8.01. The molecule has 1 rings (SSSR count). The molecule has 0 saturated carbocycles. The van der Waals surface area contributed by atoms with E-state index >= 15 is 0 Å². The largest absolute Gasteiger partial charge is 0.480 e. The molecule has 102 valence electrons. The average Bonchev–Trinajstić information content (AvgIpc) is 2.57. The van der Waals surface area contributed by atoms with Crippen LogP contribution < -0.4 is 0 Å². The van der Waals surface area contributed by atoms with Gasteiger partial charge in [0.25, 0.3) is 0 Å². The van der Waals surface area contributed by atoms with Gasteiger partial charge in [0.2, 0.25) is 10.0 Å². The van der Waals surface area contributed by atoms with Gasteiger partial charge in [-0.05, 0) is 51.8 Å². The summed E-state index contributed by atoms with van der Waals surface area (Å²) in [7, 11) is -2.61. The zero-order valence-electron chi connectivity index (χ0n) is 9.77. The highest BCUT2D eigenvalue weighted by atomic mass is 79.9. The van der Waals surface area contributed by atoms with Crippen molar-refractivity contribution in [2.45, 2.75) is 24.3 Å². The topological polar surface area (TPSA) is 74.7 Å². The quantitative estimate of drug-likeness (QED) is 0.812. The molecule has 5 nitrogen and oxygen atoms in total. The second-order valence-electron chi connectivity index (χ2n) is 4.03. The predicted molar refractivity (Wildman–Crippen MR) is 76.4 cm³/mol. The van der Waals surface area contributed by atoms with Crippen LogP contribution in [0, 0.1) is 0 Å². The maximum absolute atomic E-state index is 12.3. The minimum absolute atomic E-state index is 0.0520. The fourth-order valence-electron chi connectivity index (χ4n) is 1.08. The van der Waals surface area contributed by atoms with Gasteiger partial charge in [0, 0.05) is 7.05 Å². The number of aliphatic carboxylic acids is 1. The maximum atomic E-state index is 12.3. The average molecular weight is 421 g/mol. The number of nitrogens with zero attached hydrogens (tertiary/aromatic N) is 1. The summed E-state index contributed by atoms with van der Waals surface area (Å²) in [6.07, 6.45) is 0. The molecule has 0 radical (unpaired) electrons. The van der Waals surface area contributed by atoms with Crippen molar-refractivity contribution in [1.82, 2.24) is 4.31 Å².